The predicted octanol–water partition coefficient (Wildman–Crippen LogP) is 1.97. The molecule has 1 aromatic rings. The molecule has 6 heteroatoms. The van der Waals surface area contributed by atoms with Crippen LogP contribution in [0.4, 0.5) is 5.69 Å². The second-order valence-electron chi connectivity index (χ2n) is 4.52. The van der Waals surface area contributed by atoms with Crippen molar-refractivity contribution in [3.63, 3.8) is 0 Å². The van der Waals surface area contributed by atoms with Gasteiger partial charge in [0.1, 0.15) is 0 Å². The molecule has 1 aromatic carbocycles. The molecule has 1 atom stereocenters. The lowest BCUT2D eigenvalue weighted by atomic mass is 9.77. The van der Waals surface area contributed by atoms with Gasteiger partial charge in [-0.25, -0.2) is 0 Å². The number of aromatic hydroxyl groups is 1. The van der Waals surface area contributed by atoms with E-state index in [0.29, 0.717) is 5.56 Å². The quantitative estimate of drug-likeness (QED) is 0.626. The van der Waals surface area contributed by atoms with E-state index < -0.39 is 22.4 Å². The Bertz CT molecular complexity index is 532. The third-order valence-corrected chi connectivity index (χ3v) is 3.46. The Kier molecular flexibility index (Phi) is 3.17. The van der Waals surface area contributed by atoms with Crippen molar-refractivity contribution in [3.05, 3.63) is 33.4 Å². The first-order valence-electron chi connectivity index (χ1n) is 5.71. The van der Waals surface area contributed by atoms with Crippen LogP contribution >= 0.6 is 0 Å². The molecular weight excluding hydrogens is 234 g/mol. The standard InChI is InChI=1S/C12H13N3O3/c13-6-7-4-9(11(14)8-2-1-3-8)12(16)10(5-7)15(17)18/h4-5,8,11,16H,1-3,14H2/t11-/m1/s1. The molecule has 0 aromatic heterocycles. The Labute approximate surface area is 104 Å². The Morgan fingerprint density at radius 2 is 2.22 bits per heavy atom. The van der Waals surface area contributed by atoms with E-state index >= 15 is 0 Å². The van der Waals surface area contributed by atoms with Crippen molar-refractivity contribution in [2.45, 2.75) is 25.3 Å². The van der Waals surface area contributed by atoms with Crippen LogP contribution in [-0.2, 0) is 0 Å². The molecule has 3 N–H and O–H groups in total. The van der Waals surface area contributed by atoms with E-state index in [1.165, 1.54) is 6.07 Å². The molecule has 6 nitrogen and oxygen atoms in total. The highest BCUT2D eigenvalue weighted by Gasteiger charge is 2.30. The number of phenolic OH excluding ortho intramolecular Hbond substituents is 1. The number of hydrogen-bond acceptors (Lipinski definition) is 5. The first-order chi connectivity index (χ1) is 8.54. The predicted molar refractivity (Wildman–Crippen MR) is 63.7 cm³/mol. The zero-order chi connectivity index (χ0) is 13.3. The van der Waals surface area contributed by atoms with E-state index in [2.05, 4.69) is 0 Å². The smallest absolute Gasteiger partial charge is 0.312 e. The molecule has 1 aliphatic rings. The normalized spacial score (nSPS) is 16.7. The number of nitrogens with zero attached hydrogens (tertiary/aromatic N) is 2. The lowest BCUT2D eigenvalue weighted by Gasteiger charge is -2.31. The summed E-state index contributed by atoms with van der Waals surface area (Å²) in [6, 6.07) is 3.89. The SMILES string of the molecule is N#Cc1cc([C@H](N)C2CCC2)c(O)c([N+](=O)[O-])c1. The van der Waals surface area contributed by atoms with E-state index in [4.69, 9.17) is 11.0 Å². The summed E-state index contributed by atoms with van der Waals surface area (Å²) in [7, 11) is 0. The van der Waals surface area contributed by atoms with Crippen LogP contribution in [-0.4, -0.2) is 10.0 Å². The van der Waals surface area contributed by atoms with Gasteiger partial charge < -0.3 is 10.8 Å². The molecule has 0 aliphatic heterocycles. The van der Waals surface area contributed by atoms with E-state index in [-0.39, 0.29) is 11.5 Å². The highest BCUT2D eigenvalue weighted by molar-refractivity contribution is 5.57. The maximum absolute atomic E-state index is 10.8. The fourth-order valence-corrected chi connectivity index (χ4v) is 2.15. The van der Waals surface area contributed by atoms with Gasteiger partial charge in [0.05, 0.1) is 16.6 Å². The van der Waals surface area contributed by atoms with Crippen molar-refractivity contribution in [2.75, 3.05) is 0 Å². The van der Waals surface area contributed by atoms with E-state index in [1.807, 2.05) is 6.07 Å². The highest BCUT2D eigenvalue weighted by Crippen LogP contribution is 2.42. The van der Waals surface area contributed by atoms with Crippen molar-refractivity contribution in [1.82, 2.24) is 0 Å². The van der Waals surface area contributed by atoms with Gasteiger partial charge in [0.2, 0.25) is 0 Å². The van der Waals surface area contributed by atoms with Gasteiger partial charge in [0.15, 0.2) is 5.75 Å². The van der Waals surface area contributed by atoms with Crippen molar-refractivity contribution in [3.8, 4) is 11.8 Å². The zero-order valence-electron chi connectivity index (χ0n) is 9.67. The van der Waals surface area contributed by atoms with Crippen molar-refractivity contribution >= 4 is 5.69 Å². The fraction of sp³-hybridized carbons (Fsp3) is 0.417. The highest BCUT2D eigenvalue weighted by atomic mass is 16.6. The van der Waals surface area contributed by atoms with Crippen LogP contribution in [0.5, 0.6) is 5.75 Å². The molecule has 0 saturated heterocycles. The van der Waals surface area contributed by atoms with Crippen LogP contribution < -0.4 is 5.73 Å². The average Bonchev–Trinajstić information content (AvgIpc) is 2.26. The van der Waals surface area contributed by atoms with Crippen molar-refractivity contribution < 1.29 is 10.0 Å². The molecule has 18 heavy (non-hydrogen) atoms. The van der Waals surface area contributed by atoms with Gasteiger partial charge in [-0.05, 0) is 24.8 Å². The minimum absolute atomic E-state index is 0.143. The number of benzene rings is 1. The van der Waals surface area contributed by atoms with Gasteiger partial charge in [-0.3, -0.25) is 10.1 Å². The van der Waals surface area contributed by atoms with Crippen molar-refractivity contribution in [2.24, 2.45) is 11.7 Å². The van der Waals surface area contributed by atoms with Crippen LogP contribution in [0.3, 0.4) is 0 Å². The largest absolute Gasteiger partial charge is 0.502 e. The van der Waals surface area contributed by atoms with Crippen LogP contribution in [0.15, 0.2) is 12.1 Å². The molecule has 2 rings (SSSR count). The van der Waals surface area contributed by atoms with Gasteiger partial charge in [0, 0.05) is 17.7 Å². The Balaban J connectivity index is 2.48. The van der Waals surface area contributed by atoms with Gasteiger partial charge in [-0.1, -0.05) is 6.42 Å². The first-order valence-corrected chi connectivity index (χ1v) is 5.71. The summed E-state index contributed by atoms with van der Waals surface area (Å²) >= 11 is 0. The van der Waals surface area contributed by atoms with Gasteiger partial charge >= 0.3 is 5.69 Å². The Morgan fingerprint density at radius 3 is 2.67 bits per heavy atom. The lowest BCUT2D eigenvalue weighted by molar-refractivity contribution is -0.386. The summed E-state index contributed by atoms with van der Waals surface area (Å²) in [6.07, 6.45) is 2.98. The second kappa shape index (κ2) is 4.63. The minimum atomic E-state index is -0.701. The van der Waals surface area contributed by atoms with E-state index in [0.717, 1.165) is 25.3 Å². The Morgan fingerprint density at radius 1 is 1.56 bits per heavy atom. The molecule has 1 saturated carbocycles. The van der Waals surface area contributed by atoms with Crippen LogP contribution in [0.2, 0.25) is 0 Å². The van der Waals surface area contributed by atoms with Crippen LogP contribution in [0.1, 0.15) is 36.4 Å². The summed E-state index contributed by atoms with van der Waals surface area (Å²) in [5.41, 5.74) is 5.98. The Hall–Kier alpha value is -2.13. The molecular formula is C12H13N3O3. The summed E-state index contributed by atoms with van der Waals surface area (Å²) in [5, 5.41) is 29.6. The summed E-state index contributed by atoms with van der Waals surface area (Å²) in [6.45, 7) is 0. The molecule has 94 valence electrons. The number of nitriles is 1. The second-order valence-corrected chi connectivity index (χ2v) is 4.52. The molecule has 1 aliphatic carbocycles. The number of rotatable bonds is 3. The molecule has 0 radical (unpaired) electrons. The number of nitro groups is 1. The summed E-state index contributed by atoms with van der Waals surface area (Å²) < 4.78 is 0. The van der Waals surface area contributed by atoms with Crippen molar-refractivity contribution in [1.29, 1.82) is 5.26 Å². The van der Waals surface area contributed by atoms with E-state index in [9.17, 15) is 15.2 Å². The van der Waals surface area contributed by atoms with Crippen LogP contribution in [0, 0.1) is 27.4 Å². The molecule has 0 spiro atoms. The number of hydrogen-bond donors (Lipinski definition) is 2. The number of phenols is 1. The van der Waals surface area contributed by atoms with E-state index in [1.54, 1.807) is 0 Å². The zero-order valence-corrected chi connectivity index (χ0v) is 9.67. The molecule has 0 bridgehead atoms. The van der Waals surface area contributed by atoms with Gasteiger partial charge in [-0.2, -0.15) is 5.26 Å². The minimum Gasteiger partial charge on any atom is -0.502 e. The fourth-order valence-electron chi connectivity index (χ4n) is 2.15. The maximum atomic E-state index is 10.8. The monoisotopic (exact) mass is 247 g/mol. The topological polar surface area (TPSA) is 113 Å². The molecule has 1 fully saturated rings. The molecule has 0 amide bonds. The molecule has 0 heterocycles. The maximum Gasteiger partial charge on any atom is 0.312 e. The lowest BCUT2D eigenvalue weighted by Crippen LogP contribution is -2.27. The first kappa shape index (κ1) is 12.3. The van der Waals surface area contributed by atoms with Gasteiger partial charge in [0.25, 0.3) is 0 Å². The summed E-state index contributed by atoms with van der Waals surface area (Å²) in [4.78, 5) is 10.1. The summed E-state index contributed by atoms with van der Waals surface area (Å²) in [5.74, 6) is -0.192. The van der Waals surface area contributed by atoms with Crippen LogP contribution in [0.25, 0.3) is 0 Å². The number of nitrogens with two attached hydrogens (primary N) is 1. The molecule has 0 unspecified atom stereocenters. The van der Waals surface area contributed by atoms with Gasteiger partial charge in [-0.15, -0.1) is 0 Å². The number of nitro benzene ring substituents is 1. The average molecular weight is 247 g/mol. The third-order valence-electron chi connectivity index (χ3n) is 3.46. The third kappa shape index (κ3) is 2.00.